The molecule has 0 amide bonds. The lowest BCUT2D eigenvalue weighted by molar-refractivity contribution is -0.121. The molecule has 102 valence electrons. The number of ketones is 1. The smallest absolute Gasteiger partial charge is 0.135 e. The molecule has 3 nitrogen and oxygen atoms in total. The van der Waals surface area contributed by atoms with Crippen LogP contribution < -0.4 is 0 Å². The van der Waals surface area contributed by atoms with Crippen LogP contribution in [0.25, 0.3) is 0 Å². The van der Waals surface area contributed by atoms with Crippen molar-refractivity contribution in [2.75, 3.05) is 0 Å². The molecule has 1 heterocycles. The van der Waals surface area contributed by atoms with Gasteiger partial charge in [0.25, 0.3) is 0 Å². The van der Waals surface area contributed by atoms with Crippen molar-refractivity contribution in [2.45, 2.75) is 52.9 Å². The number of rotatable bonds is 5. The van der Waals surface area contributed by atoms with E-state index in [0.29, 0.717) is 18.1 Å². The van der Waals surface area contributed by atoms with Crippen LogP contribution >= 0.6 is 0 Å². The molecule has 1 aromatic rings. The van der Waals surface area contributed by atoms with Crippen molar-refractivity contribution >= 4 is 5.78 Å². The van der Waals surface area contributed by atoms with E-state index in [-0.39, 0.29) is 5.92 Å². The number of aromatic nitrogens is 2. The zero-order valence-corrected chi connectivity index (χ0v) is 12.2. The maximum Gasteiger partial charge on any atom is 0.135 e. The molecule has 3 heteroatoms. The lowest BCUT2D eigenvalue weighted by atomic mass is 10.0. The van der Waals surface area contributed by atoms with E-state index in [1.54, 1.807) is 12.4 Å². The first-order chi connectivity index (χ1) is 9.00. The quantitative estimate of drug-likeness (QED) is 0.601. The number of Topliss-reactive ketones (excluding diaryl/α,β-unsaturated/α-hetero) is 1. The van der Waals surface area contributed by atoms with Crippen molar-refractivity contribution < 1.29 is 4.79 Å². The first-order valence-corrected chi connectivity index (χ1v) is 6.84. The van der Waals surface area contributed by atoms with Crippen LogP contribution in [0.4, 0.5) is 0 Å². The summed E-state index contributed by atoms with van der Waals surface area (Å²) < 4.78 is 0. The maximum absolute atomic E-state index is 11.4. The first kappa shape index (κ1) is 15.4. The van der Waals surface area contributed by atoms with Crippen LogP contribution in [0.5, 0.6) is 0 Å². The van der Waals surface area contributed by atoms with Crippen molar-refractivity contribution in [1.29, 1.82) is 0 Å². The summed E-state index contributed by atoms with van der Waals surface area (Å²) in [6.07, 6.45) is 5.71. The topological polar surface area (TPSA) is 42.9 Å². The van der Waals surface area contributed by atoms with Crippen molar-refractivity contribution in [3.8, 4) is 11.8 Å². The van der Waals surface area contributed by atoms with E-state index in [0.717, 1.165) is 24.2 Å². The van der Waals surface area contributed by atoms with Gasteiger partial charge < -0.3 is 0 Å². The van der Waals surface area contributed by atoms with Crippen LogP contribution in [0.1, 0.15) is 64.3 Å². The molecule has 0 unspecified atom stereocenters. The third-order valence-corrected chi connectivity index (χ3v) is 2.79. The monoisotopic (exact) mass is 258 g/mol. The van der Waals surface area contributed by atoms with Gasteiger partial charge in [0.15, 0.2) is 0 Å². The Morgan fingerprint density at radius 3 is 2.37 bits per heavy atom. The highest BCUT2D eigenvalue weighted by molar-refractivity contribution is 5.80. The molecule has 0 N–H and O–H groups in total. The van der Waals surface area contributed by atoms with Gasteiger partial charge in [0.1, 0.15) is 11.6 Å². The minimum Gasteiger partial charge on any atom is -0.299 e. The fourth-order valence-electron chi connectivity index (χ4n) is 1.50. The molecule has 0 aliphatic rings. The van der Waals surface area contributed by atoms with Gasteiger partial charge in [-0.15, -0.1) is 0 Å². The van der Waals surface area contributed by atoms with Gasteiger partial charge in [-0.2, -0.15) is 0 Å². The average Bonchev–Trinajstić information content (AvgIpc) is 2.38. The predicted molar refractivity (Wildman–Crippen MR) is 76.7 cm³/mol. The van der Waals surface area contributed by atoms with Crippen LogP contribution in [0.15, 0.2) is 12.4 Å². The molecule has 1 rings (SSSR count). The van der Waals surface area contributed by atoms with Gasteiger partial charge in [-0.3, -0.25) is 4.79 Å². The number of nitrogens with zero attached hydrogens (tertiary/aromatic N) is 2. The molecule has 0 aliphatic heterocycles. The summed E-state index contributed by atoms with van der Waals surface area (Å²) in [7, 11) is 0. The van der Waals surface area contributed by atoms with E-state index in [1.807, 2.05) is 13.8 Å². The molecular formula is C16H22N2O. The van der Waals surface area contributed by atoms with E-state index >= 15 is 0 Å². The Kier molecular flexibility index (Phi) is 6.21. The third-order valence-electron chi connectivity index (χ3n) is 2.79. The fourth-order valence-corrected chi connectivity index (χ4v) is 1.50. The van der Waals surface area contributed by atoms with E-state index in [2.05, 4.69) is 35.7 Å². The molecule has 0 fully saturated rings. The Hall–Kier alpha value is -1.69. The van der Waals surface area contributed by atoms with Gasteiger partial charge in [0.2, 0.25) is 0 Å². The molecule has 0 radical (unpaired) electrons. The van der Waals surface area contributed by atoms with E-state index in [1.165, 1.54) is 0 Å². The van der Waals surface area contributed by atoms with Gasteiger partial charge in [-0.1, -0.05) is 39.5 Å². The number of carbonyl (C=O) groups is 1. The molecule has 1 aromatic heterocycles. The van der Waals surface area contributed by atoms with Gasteiger partial charge in [-0.05, 0) is 6.42 Å². The first-order valence-electron chi connectivity index (χ1n) is 6.84. The molecule has 0 saturated carbocycles. The SMILES string of the molecule is CC(C)C(=O)CCCC#Cc1cnc(C(C)C)nc1. The Morgan fingerprint density at radius 2 is 1.84 bits per heavy atom. The van der Waals surface area contributed by atoms with Crippen LogP contribution in [0.3, 0.4) is 0 Å². The second-order valence-corrected chi connectivity index (χ2v) is 5.26. The van der Waals surface area contributed by atoms with Crippen LogP contribution in [-0.2, 0) is 4.79 Å². The average molecular weight is 258 g/mol. The molecular weight excluding hydrogens is 236 g/mol. The van der Waals surface area contributed by atoms with Gasteiger partial charge in [0.05, 0.1) is 5.56 Å². The molecule has 0 atom stereocenters. The van der Waals surface area contributed by atoms with E-state index < -0.39 is 0 Å². The fraction of sp³-hybridized carbons (Fsp3) is 0.562. The number of hydrogen-bond acceptors (Lipinski definition) is 3. The highest BCUT2D eigenvalue weighted by Crippen LogP contribution is 2.07. The van der Waals surface area contributed by atoms with Crippen molar-refractivity contribution in [3.63, 3.8) is 0 Å². The number of unbranched alkanes of at least 4 members (excludes halogenated alkanes) is 1. The van der Waals surface area contributed by atoms with Crippen LogP contribution in [-0.4, -0.2) is 15.8 Å². The largest absolute Gasteiger partial charge is 0.299 e. The van der Waals surface area contributed by atoms with Gasteiger partial charge in [-0.25, -0.2) is 9.97 Å². The van der Waals surface area contributed by atoms with E-state index in [9.17, 15) is 4.79 Å². The molecule has 0 aromatic carbocycles. The maximum atomic E-state index is 11.4. The summed E-state index contributed by atoms with van der Waals surface area (Å²) in [5.74, 6) is 7.71. The number of hydrogen-bond donors (Lipinski definition) is 0. The van der Waals surface area contributed by atoms with E-state index in [4.69, 9.17) is 0 Å². The van der Waals surface area contributed by atoms with Crippen molar-refractivity contribution in [3.05, 3.63) is 23.8 Å². The van der Waals surface area contributed by atoms with Crippen LogP contribution in [0, 0.1) is 17.8 Å². The third kappa shape index (κ3) is 5.65. The molecule has 19 heavy (non-hydrogen) atoms. The summed E-state index contributed by atoms with van der Waals surface area (Å²) in [4.78, 5) is 19.9. The minimum atomic E-state index is 0.130. The van der Waals surface area contributed by atoms with Gasteiger partial charge in [0, 0.05) is 37.1 Å². The molecule has 0 aliphatic carbocycles. The summed E-state index contributed by atoms with van der Waals surface area (Å²) in [6, 6.07) is 0. The minimum absolute atomic E-state index is 0.130. The highest BCUT2D eigenvalue weighted by atomic mass is 16.1. The summed E-state index contributed by atoms with van der Waals surface area (Å²) in [5, 5.41) is 0. The second-order valence-electron chi connectivity index (χ2n) is 5.26. The van der Waals surface area contributed by atoms with Crippen LogP contribution in [0.2, 0.25) is 0 Å². The lowest BCUT2D eigenvalue weighted by Gasteiger charge is -2.01. The normalized spacial score (nSPS) is 10.4. The van der Waals surface area contributed by atoms with Crippen molar-refractivity contribution in [2.24, 2.45) is 5.92 Å². The van der Waals surface area contributed by atoms with Crippen molar-refractivity contribution in [1.82, 2.24) is 9.97 Å². The summed E-state index contributed by atoms with van der Waals surface area (Å²) in [5.41, 5.74) is 0.833. The summed E-state index contributed by atoms with van der Waals surface area (Å²) >= 11 is 0. The van der Waals surface area contributed by atoms with Gasteiger partial charge >= 0.3 is 0 Å². The standard InChI is InChI=1S/C16H22N2O/c1-12(2)15(19)9-7-5-6-8-14-10-17-16(13(3)4)18-11-14/h10-13H,5,7,9H2,1-4H3. The zero-order chi connectivity index (χ0) is 14.3. The summed E-state index contributed by atoms with van der Waals surface area (Å²) in [6.45, 7) is 7.99. The molecule has 0 spiro atoms. The highest BCUT2D eigenvalue weighted by Gasteiger charge is 2.05. The zero-order valence-electron chi connectivity index (χ0n) is 12.2. The lowest BCUT2D eigenvalue weighted by Crippen LogP contribution is -2.05. The second kappa shape index (κ2) is 7.68. The molecule has 0 bridgehead atoms. The Bertz CT molecular complexity index is 464. The predicted octanol–water partition coefficient (Wildman–Crippen LogP) is 3.35. The number of carbonyl (C=O) groups excluding carboxylic acids is 1. The Labute approximate surface area is 115 Å². The Balaban J connectivity index is 2.40. The Morgan fingerprint density at radius 1 is 1.21 bits per heavy atom. The molecule has 0 saturated heterocycles.